The minimum atomic E-state index is 0.478. The molecule has 0 bridgehead atoms. The van der Waals surface area contributed by atoms with Crippen molar-refractivity contribution in [2.75, 3.05) is 0 Å². The SMILES string of the molecule is CCc1n[nH]c(=S)n1/N=C/c1ccccc1OCc1ccccc1. The van der Waals surface area contributed by atoms with E-state index in [1.54, 1.807) is 10.9 Å². The van der Waals surface area contributed by atoms with Crippen LogP contribution in [0.15, 0.2) is 59.7 Å². The molecule has 2 aromatic carbocycles. The molecule has 1 heterocycles. The number of benzene rings is 2. The maximum absolute atomic E-state index is 5.93. The van der Waals surface area contributed by atoms with Crippen LogP contribution in [0.4, 0.5) is 0 Å². The third-order valence-corrected chi connectivity index (χ3v) is 3.77. The van der Waals surface area contributed by atoms with Gasteiger partial charge in [-0.05, 0) is 29.9 Å². The molecule has 0 aliphatic carbocycles. The van der Waals surface area contributed by atoms with Gasteiger partial charge in [0.1, 0.15) is 12.4 Å². The van der Waals surface area contributed by atoms with E-state index in [0.29, 0.717) is 11.4 Å². The van der Waals surface area contributed by atoms with Gasteiger partial charge in [0, 0.05) is 12.0 Å². The first-order valence-corrected chi connectivity index (χ1v) is 8.15. The van der Waals surface area contributed by atoms with E-state index < -0.39 is 0 Å². The normalized spacial score (nSPS) is 11.0. The maximum atomic E-state index is 5.93. The predicted molar refractivity (Wildman–Crippen MR) is 97.0 cm³/mol. The zero-order valence-corrected chi connectivity index (χ0v) is 14.2. The molecule has 0 saturated carbocycles. The molecule has 3 aromatic rings. The van der Waals surface area contributed by atoms with Gasteiger partial charge in [0.25, 0.3) is 0 Å². The first-order chi connectivity index (χ1) is 11.8. The Bertz CT molecular complexity index is 883. The van der Waals surface area contributed by atoms with Crippen LogP contribution in [0.1, 0.15) is 23.9 Å². The Morgan fingerprint density at radius 3 is 2.71 bits per heavy atom. The van der Waals surface area contributed by atoms with E-state index in [1.165, 1.54) is 0 Å². The molecule has 0 radical (unpaired) electrons. The van der Waals surface area contributed by atoms with Crippen molar-refractivity contribution in [3.05, 3.63) is 76.3 Å². The van der Waals surface area contributed by atoms with Crippen LogP contribution in [-0.2, 0) is 13.0 Å². The second kappa shape index (κ2) is 7.70. The summed E-state index contributed by atoms with van der Waals surface area (Å²) < 4.78 is 8.04. The zero-order valence-electron chi connectivity index (χ0n) is 13.3. The van der Waals surface area contributed by atoms with Gasteiger partial charge in [-0.15, -0.1) is 0 Å². The predicted octanol–water partition coefficient (Wildman–Crippen LogP) is 3.96. The molecule has 0 unspecified atom stereocenters. The van der Waals surface area contributed by atoms with Crippen LogP contribution in [-0.4, -0.2) is 21.1 Å². The molecule has 1 N–H and O–H groups in total. The highest BCUT2D eigenvalue weighted by Crippen LogP contribution is 2.18. The van der Waals surface area contributed by atoms with E-state index >= 15 is 0 Å². The molecule has 0 aliphatic heterocycles. The fraction of sp³-hybridized carbons (Fsp3) is 0.167. The lowest BCUT2D eigenvalue weighted by Gasteiger charge is -2.09. The molecule has 0 aliphatic rings. The Balaban J connectivity index is 1.80. The molecule has 1 aromatic heterocycles. The maximum Gasteiger partial charge on any atom is 0.216 e. The number of hydrogen-bond acceptors (Lipinski definition) is 4. The minimum absolute atomic E-state index is 0.478. The molecular weight excluding hydrogens is 320 g/mol. The van der Waals surface area contributed by atoms with Crippen molar-refractivity contribution in [1.29, 1.82) is 0 Å². The minimum Gasteiger partial charge on any atom is -0.488 e. The summed E-state index contributed by atoms with van der Waals surface area (Å²) in [6, 6.07) is 17.8. The Hall–Kier alpha value is -2.73. The number of ether oxygens (including phenoxy) is 1. The van der Waals surface area contributed by atoms with Crippen LogP contribution < -0.4 is 4.74 Å². The Labute approximate surface area is 145 Å². The summed E-state index contributed by atoms with van der Waals surface area (Å²) in [6.45, 7) is 2.52. The van der Waals surface area contributed by atoms with Gasteiger partial charge >= 0.3 is 0 Å². The van der Waals surface area contributed by atoms with E-state index in [1.807, 2.05) is 61.5 Å². The molecule has 0 spiro atoms. The van der Waals surface area contributed by atoms with Crippen molar-refractivity contribution in [2.45, 2.75) is 20.0 Å². The Kier molecular flexibility index (Phi) is 5.18. The highest BCUT2D eigenvalue weighted by atomic mass is 32.1. The smallest absolute Gasteiger partial charge is 0.216 e. The number of nitrogens with zero attached hydrogens (tertiary/aromatic N) is 3. The summed E-state index contributed by atoms with van der Waals surface area (Å²) in [4.78, 5) is 0. The number of H-pyrrole nitrogens is 1. The quantitative estimate of drug-likeness (QED) is 0.547. The summed E-state index contributed by atoms with van der Waals surface area (Å²) in [5, 5.41) is 11.3. The molecular formula is C18H18N4OS. The average molecular weight is 338 g/mol. The average Bonchev–Trinajstić information content (AvgIpc) is 2.99. The third kappa shape index (κ3) is 3.78. The van der Waals surface area contributed by atoms with Gasteiger partial charge in [0.15, 0.2) is 5.82 Å². The van der Waals surface area contributed by atoms with Crippen molar-refractivity contribution < 1.29 is 4.74 Å². The van der Waals surface area contributed by atoms with Crippen molar-refractivity contribution in [3.63, 3.8) is 0 Å². The molecule has 0 amide bonds. The number of nitrogens with one attached hydrogen (secondary N) is 1. The van der Waals surface area contributed by atoms with Crippen LogP contribution >= 0.6 is 12.2 Å². The second-order valence-electron chi connectivity index (χ2n) is 5.17. The lowest BCUT2D eigenvalue weighted by atomic mass is 10.2. The van der Waals surface area contributed by atoms with Crippen molar-refractivity contribution >= 4 is 18.4 Å². The molecule has 5 nitrogen and oxygen atoms in total. The van der Waals surface area contributed by atoms with Gasteiger partial charge in [-0.25, -0.2) is 0 Å². The lowest BCUT2D eigenvalue weighted by molar-refractivity contribution is 0.306. The number of para-hydroxylation sites is 1. The van der Waals surface area contributed by atoms with Crippen LogP contribution in [0.5, 0.6) is 5.75 Å². The number of aryl methyl sites for hydroxylation is 1. The Morgan fingerprint density at radius 1 is 1.17 bits per heavy atom. The number of rotatable bonds is 6. The molecule has 0 atom stereocenters. The number of aromatic amines is 1. The summed E-state index contributed by atoms with van der Waals surface area (Å²) in [5.74, 6) is 1.57. The molecule has 0 saturated heterocycles. The van der Waals surface area contributed by atoms with E-state index in [0.717, 1.165) is 29.1 Å². The highest BCUT2D eigenvalue weighted by molar-refractivity contribution is 7.71. The van der Waals surface area contributed by atoms with E-state index in [-0.39, 0.29) is 0 Å². The summed E-state index contributed by atoms with van der Waals surface area (Å²) >= 11 is 5.20. The van der Waals surface area contributed by atoms with Crippen LogP contribution in [0, 0.1) is 4.77 Å². The van der Waals surface area contributed by atoms with Gasteiger partial charge < -0.3 is 4.74 Å². The van der Waals surface area contributed by atoms with Crippen molar-refractivity contribution in [2.24, 2.45) is 5.10 Å². The lowest BCUT2D eigenvalue weighted by Crippen LogP contribution is -2.00. The van der Waals surface area contributed by atoms with Crippen LogP contribution in [0.3, 0.4) is 0 Å². The zero-order chi connectivity index (χ0) is 16.8. The molecule has 0 fully saturated rings. The largest absolute Gasteiger partial charge is 0.488 e. The van der Waals surface area contributed by atoms with Gasteiger partial charge in [0.2, 0.25) is 4.77 Å². The van der Waals surface area contributed by atoms with Crippen molar-refractivity contribution in [3.8, 4) is 5.75 Å². The monoisotopic (exact) mass is 338 g/mol. The van der Waals surface area contributed by atoms with E-state index in [2.05, 4.69) is 15.3 Å². The van der Waals surface area contributed by atoms with E-state index in [9.17, 15) is 0 Å². The molecule has 6 heteroatoms. The summed E-state index contributed by atoms with van der Waals surface area (Å²) in [6.07, 6.45) is 2.49. The first kappa shape index (κ1) is 16.1. The van der Waals surface area contributed by atoms with Crippen LogP contribution in [0.25, 0.3) is 0 Å². The number of aromatic nitrogens is 3. The fourth-order valence-corrected chi connectivity index (χ4v) is 2.44. The van der Waals surface area contributed by atoms with Crippen LogP contribution in [0.2, 0.25) is 0 Å². The highest BCUT2D eigenvalue weighted by Gasteiger charge is 2.04. The van der Waals surface area contributed by atoms with E-state index in [4.69, 9.17) is 17.0 Å². The Morgan fingerprint density at radius 2 is 1.92 bits per heavy atom. The molecule has 122 valence electrons. The van der Waals surface area contributed by atoms with Gasteiger partial charge in [-0.1, -0.05) is 49.4 Å². The summed E-state index contributed by atoms with van der Waals surface area (Å²) in [5.41, 5.74) is 2.01. The molecule has 24 heavy (non-hydrogen) atoms. The standard InChI is InChI=1S/C18H18N4OS/c1-2-17-20-21-18(24)22(17)19-12-15-10-6-7-11-16(15)23-13-14-8-4-3-5-9-14/h3-12H,2,13H2,1H3,(H,21,24)/b19-12+. The number of hydrogen-bond donors (Lipinski definition) is 1. The van der Waals surface area contributed by atoms with Crippen molar-refractivity contribution in [1.82, 2.24) is 14.9 Å². The third-order valence-electron chi connectivity index (χ3n) is 3.50. The van der Waals surface area contributed by atoms with Gasteiger partial charge in [-0.3, -0.25) is 5.10 Å². The first-order valence-electron chi connectivity index (χ1n) is 7.74. The fourth-order valence-electron chi connectivity index (χ4n) is 2.25. The summed E-state index contributed by atoms with van der Waals surface area (Å²) in [7, 11) is 0. The van der Waals surface area contributed by atoms with Gasteiger partial charge in [0.05, 0.1) is 6.21 Å². The molecule has 3 rings (SSSR count). The topological polar surface area (TPSA) is 55.2 Å². The van der Waals surface area contributed by atoms with Gasteiger partial charge in [-0.2, -0.15) is 14.9 Å². The second-order valence-corrected chi connectivity index (χ2v) is 5.55.